The summed E-state index contributed by atoms with van der Waals surface area (Å²) >= 11 is 0. The molecule has 172 valence electrons. The predicted octanol–water partition coefficient (Wildman–Crippen LogP) is 4.41. The molecule has 4 rings (SSSR count). The Kier molecular flexibility index (Phi) is 6.43. The van der Waals surface area contributed by atoms with Gasteiger partial charge < -0.3 is 10.1 Å². The van der Waals surface area contributed by atoms with Crippen molar-refractivity contribution >= 4 is 33.2 Å². The molecule has 1 N–H and O–H groups in total. The van der Waals surface area contributed by atoms with Gasteiger partial charge in [-0.1, -0.05) is 55.5 Å². The number of nitrogens with zero attached hydrogens (tertiary/aromatic N) is 1. The van der Waals surface area contributed by atoms with Crippen molar-refractivity contribution in [3.8, 4) is 0 Å². The topological polar surface area (TPSA) is 102 Å². The Hall–Kier alpha value is -4.04. The fourth-order valence-electron chi connectivity index (χ4n) is 3.60. The Morgan fingerprint density at radius 1 is 0.941 bits per heavy atom. The van der Waals surface area contributed by atoms with E-state index in [1.54, 1.807) is 60.7 Å². The summed E-state index contributed by atoms with van der Waals surface area (Å²) in [6.07, 6.45) is 2.17. The largest absolute Gasteiger partial charge is 0.465 e. The van der Waals surface area contributed by atoms with Gasteiger partial charge in [0.2, 0.25) is 5.78 Å². The van der Waals surface area contributed by atoms with Crippen LogP contribution in [0.1, 0.15) is 38.8 Å². The van der Waals surface area contributed by atoms with Crippen LogP contribution in [-0.2, 0) is 21.2 Å². The molecule has 0 heterocycles. The molecule has 3 aromatic carbocycles. The van der Waals surface area contributed by atoms with Gasteiger partial charge in [0.25, 0.3) is 10.0 Å². The molecule has 1 aliphatic carbocycles. The van der Waals surface area contributed by atoms with Crippen molar-refractivity contribution in [2.75, 3.05) is 12.4 Å². The number of rotatable bonds is 6. The van der Waals surface area contributed by atoms with Crippen LogP contribution in [0.15, 0.2) is 93.9 Å². The molecule has 3 aromatic rings. The van der Waals surface area contributed by atoms with E-state index in [0.717, 1.165) is 12.0 Å². The van der Waals surface area contributed by atoms with Gasteiger partial charge in [-0.15, -0.1) is 0 Å². The lowest BCUT2D eigenvalue weighted by molar-refractivity contribution is 0.0601. The maximum atomic E-state index is 13.2. The number of hydrogen-bond acceptors (Lipinski definition) is 6. The number of methoxy groups -OCH3 is 1. The minimum atomic E-state index is -4.04. The highest BCUT2D eigenvalue weighted by Crippen LogP contribution is 2.26. The number of esters is 1. The number of anilines is 1. The minimum absolute atomic E-state index is 0.0607. The van der Waals surface area contributed by atoms with E-state index in [1.807, 2.05) is 6.92 Å². The molecule has 0 saturated heterocycles. The number of benzene rings is 3. The number of ketones is 1. The summed E-state index contributed by atoms with van der Waals surface area (Å²) < 4.78 is 35.0. The molecule has 0 aromatic heterocycles. The van der Waals surface area contributed by atoms with Gasteiger partial charge in [0.1, 0.15) is 0 Å². The maximum absolute atomic E-state index is 13.2. The molecule has 0 unspecified atom stereocenters. The van der Waals surface area contributed by atoms with Crippen molar-refractivity contribution in [3.05, 3.63) is 107 Å². The average Bonchev–Trinajstić information content (AvgIpc) is 2.86. The Bertz CT molecular complexity index is 1440. The molecule has 34 heavy (non-hydrogen) atoms. The zero-order valence-corrected chi connectivity index (χ0v) is 19.4. The number of ether oxygens (including phenoxy) is 1. The molecule has 7 nitrogen and oxygen atoms in total. The van der Waals surface area contributed by atoms with Gasteiger partial charge in [-0.3, -0.25) is 4.79 Å². The normalized spacial score (nSPS) is 14.4. The molecule has 0 amide bonds. The monoisotopic (exact) mass is 474 g/mol. The van der Waals surface area contributed by atoms with Gasteiger partial charge in [0, 0.05) is 11.1 Å². The van der Waals surface area contributed by atoms with Crippen LogP contribution >= 0.6 is 0 Å². The van der Waals surface area contributed by atoms with Crippen molar-refractivity contribution in [1.82, 2.24) is 0 Å². The lowest BCUT2D eigenvalue weighted by Crippen LogP contribution is -2.23. The van der Waals surface area contributed by atoms with Crippen molar-refractivity contribution in [2.24, 2.45) is 4.40 Å². The number of allylic oxidation sites excluding steroid dienone is 2. The second-order valence-corrected chi connectivity index (χ2v) is 9.15. The van der Waals surface area contributed by atoms with Gasteiger partial charge >= 0.3 is 5.97 Å². The molecule has 0 spiro atoms. The number of nitrogens with one attached hydrogen (secondary N) is 1. The highest BCUT2D eigenvalue weighted by atomic mass is 32.2. The number of carbonyl (C=O) groups is 2. The number of hydrogen-bond donors (Lipinski definition) is 1. The molecular formula is C26H22N2O5S. The molecule has 1 aliphatic rings. The summed E-state index contributed by atoms with van der Waals surface area (Å²) in [7, 11) is -2.77. The Labute approximate surface area is 197 Å². The van der Waals surface area contributed by atoms with Crippen LogP contribution in [0.3, 0.4) is 0 Å². The number of sulfonamides is 1. The average molecular weight is 475 g/mol. The van der Waals surface area contributed by atoms with Crippen LogP contribution in [0.4, 0.5) is 5.69 Å². The number of Topliss-reactive ketones (excluding diaryl/α,β-unsaturated/α-hetero) is 1. The van der Waals surface area contributed by atoms with Crippen LogP contribution in [0.5, 0.6) is 0 Å². The first-order valence-corrected chi connectivity index (χ1v) is 12.0. The molecular weight excluding hydrogens is 452 g/mol. The maximum Gasteiger partial charge on any atom is 0.339 e. The second-order valence-electron chi connectivity index (χ2n) is 7.54. The molecule has 0 saturated carbocycles. The third-order valence-electron chi connectivity index (χ3n) is 5.42. The van der Waals surface area contributed by atoms with Gasteiger partial charge in [-0.25, -0.2) is 4.79 Å². The van der Waals surface area contributed by atoms with E-state index < -0.39 is 16.0 Å². The Balaban J connectivity index is 1.80. The van der Waals surface area contributed by atoms with Crippen LogP contribution in [0.25, 0.3) is 0 Å². The van der Waals surface area contributed by atoms with Crippen LogP contribution < -0.4 is 5.32 Å². The molecule has 8 heteroatoms. The molecule has 0 fully saturated rings. The predicted molar refractivity (Wildman–Crippen MR) is 130 cm³/mol. The van der Waals surface area contributed by atoms with Gasteiger partial charge in [-0.05, 0) is 42.3 Å². The molecule has 0 bridgehead atoms. The van der Waals surface area contributed by atoms with E-state index in [2.05, 4.69) is 9.71 Å². The Morgan fingerprint density at radius 2 is 1.59 bits per heavy atom. The van der Waals surface area contributed by atoms with E-state index in [0.29, 0.717) is 16.8 Å². The van der Waals surface area contributed by atoms with E-state index in [-0.39, 0.29) is 27.7 Å². The lowest BCUT2D eigenvalue weighted by Gasteiger charge is -2.19. The zero-order chi connectivity index (χ0) is 24.3. The van der Waals surface area contributed by atoms with E-state index >= 15 is 0 Å². The second kappa shape index (κ2) is 9.44. The standard InChI is InChI=1S/C26H22N2O5S/c1-3-17-12-14-18(15-13-17)34(31,32)28-23-16-24(25(29)20-9-5-4-8-19(20)23)27-22-11-7-6-10-21(22)26(30)33-2/h4-16,27H,3H2,1-2H3. The number of fused-ring (bicyclic) bond motifs is 1. The van der Waals surface area contributed by atoms with E-state index in [4.69, 9.17) is 4.74 Å². The van der Waals surface area contributed by atoms with Gasteiger partial charge in [-0.2, -0.15) is 12.8 Å². The summed E-state index contributed by atoms with van der Waals surface area (Å²) in [5.41, 5.74) is 2.52. The zero-order valence-electron chi connectivity index (χ0n) is 18.6. The van der Waals surface area contributed by atoms with Crippen molar-refractivity contribution in [2.45, 2.75) is 18.2 Å². The van der Waals surface area contributed by atoms with Crippen LogP contribution in [0, 0.1) is 0 Å². The lowest BCUT2D eigenvalue weighted by atomic mass is 9.92. The van der Waals surface area contributed by atoms with Gasteiger partial charge in [0.15, 0.2) is 0 Å². The summed E-state index contributed by atoms with van der Waals surface area (Å²) in [5.74, 6) is -0.918. The molecule has 0 aliphatic heterocycles. The fraction of sp³-hybridized carbons (Fsp3) is 0.115. The van der Waals surface area contributed by atoms with Crippen LogP contribution in [-0.4, -0.2) is 33.0 Å². The quantitative estimate of drug-likeness (QED) is 0.531. The summed E-state index contributed by atoms with van der Waals surface area (Å²) in [6.45, 7) is 1.98. The summed E-state index contributed by atoms with van der Waals surface area (Å²) in [6, 6.07) is 19.8. The fourth-order valence-corrected chi connectivity index (χ4v) is 4.60. The third-order valence-corrected chi connectivity index (χ3v) is 6.73. The highest BCUT2D eigenvalue weighted by molar-refractivity contribution is 7.90. The van der Waals surface area contributed by atoms with Crippen molar-refractivity contribution in [1.29, 1.82) is 0 Å². The highest BCUT2D eigenvalue weighted by Gasteiger charge is 2.27. The number of aryl methyl sites for hydroxylation is 1. The summed E-state index contributed by atoms with van der Waals surface area (Å²) in [5, 5.41) is 2.96. The summed E-state index contributed by atoms with van der Waals surface area (Å²) in [4.78, 5) is 25.4. The first kappa shape index (κ1) is 23.1. The van der Waals surface area contributed by atoms with Gasteiger partial charge in [0.05, 0.1) is 34.7 Å². The molecule has 0 radical (unpaired) electrons. The first-order valence-electron chi connectivity index (χ1n) is 10.6. The third kappa shape index (κ3) is 4.53. The number of para-hydroxylation sites is 1. The minimum Gasteiger partial charge on any atom is -0.465 e. The molecule has 0 atom stereocenters. The van der Waals surface area contributed by atoms with Crippen molar-refractivity contribution in [3.63, 3.8) is 0 Å². The number of carbonyl (C=O) groups excluding carboxylic acids is 2. The Morgan fingerprint density at radius 3 is 2.26 bits per heavy atom. The first-order chi connectivity index (χ1) is 16.3. The van der Waals surface area contributed by atoms with Crippen molar-refractivity contribution < 1.29 is 22.7 Å². The smallest absolute Gasteiger partial charge is 0.339 e. The SMILES string of the molecule is CCc1ccc(S(=O)(=O)N=C2C=C(Nc3ccccc3C(=O)OC)C(=O)c3ccccc32)cc1. The van der Waals surface area contributed by atoms with E-state index in [1.165, 1.54) is 25.3 Å². The van der Waals surface area contributed by atoms with E-state index in [9.17, 15) is 18.0 Å². The van der Waals surface area contributed by atoms with Crippen LogP contribution in [0.2, 0.25) is 0 Å².